The molecule has 0 fully saturated rings. The number of amidine groups is 1. The molecular weight excluding hydrogens is 545 g/mol. The van der Waals surface area contributed by atoms with E-state index in [0.29, 0.717) is 59.0 Å². The van der Waals surface area contributed by atoms with E-state index >= 15 is 0 Å². The minimum Gasteiger partial charge on any atom is -0.497 e. The van der Waals surface area contributed by atoms with Crippen LogP contribution in [0.25, 0.3) is 11.1 Å². The molecule has 0 atom stereocenters. The van der Waals surface area contributed by atoms with Crippen LogP contribution in [0.5, 0.6) is 5.75 Å². The molecule has 8 nitrogen and oxygen atoms in total. The van der Waals surface area contributed by atoms with Crippen LogP contribution in [0.2, 0.25) is 0 Å². The molecule has 0 saturated carbocycles. The number of aryl methyl sites for hydroxylation is 1. The molecule has 0 spiro atoms. The summed E-state index contributed by atoms with van der Waals surface area (Å²) in [6.07, 6.45) is -1.27. The van der Waals surface area contributed by atoms with E-state index in [1.165, 1.54) is 10.9 Å². The van der Waals surface area contributed by atoms with Gasteiger partial charge in [0.15, 0.2) is 5.69 Å². The van der Waals surface area contributed by atoms with Gasteiger partial charge >= 0.3 is 6.18 Å². The number of hydrogen-bond donors (Lipinski definition) is 1. The van der Waals surface area contributed by atoms with Gasteiger partial charge in [-0.05, 0) is 53.8 Å². The standard InChI is InChI=1S/C31H29F3N6O2/c1-3-40-18-27(28(37-40)31(32,33)34)25-12-19(15-39-16-20-6-4-5-7-23(20)29(39)35)13-26-24(25)9-11-38(30(26)41)17-21-14-22(42-2)8-10-36-21/h4-8,10,12-14,18,35H,3,9,11,15-17H2,1-2H3. The van der Waals surface area contributed by atoms with Gasteiger partial charge in [0.1, 0.15) is 11.6 Å². The third-order valence-corrected chi connectivity index (χ3v) is 7.80. The second-order valence-corrected chi connectivity index (χ2v) is 10.4. The first kappa shape index (κ1) is 27.5. The molecule has 2 aliphatic rings. The van der Waals surface area contributed by atoms with E-state index in [0.717, 1.165) is 11.1 Å². The van der Waals surface area contributed by atoms with Crippen molar-refractivity contribution in [3.8, 4) is 16.9 Å². The maximum absolute atomic E-state index is 14.2. The zero-order chi connectivity index (χ0) is 29.6. The van der Waals surface area contributed by atoms with E-state index in [2.05, 4.69) is 10.1 Å². The fraction of sp³-hybridized carbons (Fsp3) is 0.290. The van der Waals surface area contributed by atoms with Gasteiger partial charge in [0.05, 0.1) is 19.3 Å². The predicted molar refractivity (Wildman–Crippen MR) is 150 cm³/mol. The topological polar surface area (TPSA) is 87.3 Å². The van der Waals surface area contributed by atoms with E-state index < -0.39 is 11.9 Å². The number of nitrogens with zero attached hydrogens (tertiary/aromatic N) is 5. The Morgan fingerprint density at radius 1 is 1.00 bits per heavy atom. The molecule has 1 amide bonds. The van der Waals surface area contributed by atoms with Crippen molar-refractivity contribution in [3.05, 3.63) is 100 Å². The number of carbonyl (C=O) groups is 1. The average Bonchev–Trinajstić information content (AvgIpc) is 3.56. The van der Waals surface area contributed by atoms with Crippen LogP contribution in [0.1, 0.15) is 50.9 Å². The first-order valence-electron chi connectivity index (χ1n) is 13.7. The Bertz CT molecular complexity index is 1700. The summed E-state index contributed by atoms with van der Waals surface area (Å²) in [4.78, 5) is 21.8. The van der Waals surface area contributed by atoms with Gasteiger partial charge in [0.25, 0.3) is 5.91 Å². The molecule has 2 aromatic carbocycles. The second-order valence-electron chi connectivity index (χ2n) is 10.4. The van der Waals surface area contributed by atoms with Gasteiger partial charge in [-0.15, -0.1) is 0 Å². The smallest absolute Gasteiger partial charge is 0.435 e. The lowest BCUT2D eigenvalue weighted by Crippen LogP contribution is -2.37. The molecule has 0 bridgehead atoms. The highest BCUT2D eigenvalue weighted by atomic mass is 19.4. The van der Waals surface area contributed by atoms with Gasteiger partial charge < -0.3 is 14.5 Å². The summed E-state index contributed by atoms with van der Waals surface area (Å²) in [5.74, 6) is 0.688. The van der Waals surface area contributed by atoms with Gasteiger partial charge in [-0.25, -0.2) is 0 Å². The van der Waals surface area contributed by atoms with Crippen LogP contribution in [0, 0.1) is 5.41 Å². The lowest BCUT2D eigenvalue weighted by Gasteiger charge is -2.31. The van der Waals surface area contributed by atoms with E-state index in [1.807, 2.05) is 29.2 Å². The minimum atomic E-state index is -4.67. The molecule has 0 saturated heterocycles. The normalized spacial score (nSPS) is 14.8. The van der Waals surface area contributed by atoms with Crippen LogP contribution < -0.4 is 4.74 Å². The molecule has 2 aromatic heterocycles. The molecule has 1 N–H and O–H groups in total. The van der Waals surface area contributed by atoms with Crippen LogP contribution in [0.3, 0.4) is 0 Å². The highest BCUT2D eigenvalue weighted by Crippen LogP contribution is 2.40. The monoisotopic (exact) mass is 574 g/mol. The van der Waals surface area contributed by atoms with Gasteiger partial charge in [-0.1, -0.05) is 24.3 Å². The third kappa shape index (κ3) is 4.99. The van der Waals surface area contributed by atoms with Gasteiger partial charge in [-0.3, -0.25) is 19.9 Å². The van der Waals surface area contributed by atoms with Gasteiger partial charge in [-0.2, -0.15) is 18.3 Å². The lowest BCUT2D eigenvalue weighted by molar-refractivity contribution is -0.141. The number of alkyl halides is 3. The largest absolute Gasteiger partial charge is 0.497 e. The van der Waals surface area contributed by atoms with Crippen molar-refractivity contribution in [2.24, 2.45) is 0 Å². The Morgan fingerprint density at radius 3 is 2.52 bits per heavy atom. The molecule has 0 aliphatic carbocycles. The van der Waals surface area contributed by atoms with Crippen molar-refractivity contribution in [3.63, 3.8) is 0 Å². The highest BCUT2D eigenvalue weighted by molar-refractivity contribution is 6.01. The molecule has 42 heavy (non-hydrogen) atoms. The number of hydrogen-bond acceptors (Lipinski definition) is 5. The van der Waals surface area contributed by atoms with Crippen LogP contribution in [-0.2, 0) is 38.8 Å². The molecule has 0 radical (unpaired) electrons. The van der Waals surface area contributed by atoms with E-state index in [4.69, 9.17) is 10.1 Å². The number of methoxy groups -OCH3 is 1. The molecule has 216 valence electrons. The number of amides is 1. The average molecular weight is 575 g/mol. The highest BCUT2D eigenvalue weighted by Gasteiger charge is 2.39. The van der Waals surface area contributed by atoms with Crippen molar-refractivity contribution in [2.75, 3.05) is 13.7 Å². The molecule has 11 heteroatoms. The van der Waals surface area contributed by atoms with Crippen molar-refractivity contribution >= 4 is 11.7 Å². The van der Waals surface area contributed by atoms with Crippen LogP contribution in [0.15, 0.2) is 60.9 Å². The number of ether oxygens (including phenoxy) is 1. The summed E-state index contributed by atoms with van der Waals surface area (Å²) in [5, 5.41) is 12.5. The number of halogens is 3. The Hall–Kier alpha value is -4.67. The second kappa shape index (κ2) is 10.6. The summed E-state index contributed by atoms with van der Waals surface area (Å²) in [6.45, 7) is 3.34. The van der Waals surface area contributed by atoms with Crippen LogP contribution in [-0.4, -0.2) is 50.0 Å². The summed E-state index contributed by atoms with van der Waals surface area (Å²) < 4.78 is 49.1. The third-order valence-electron chi connectivity index (χ3n) is 7.80. The van der Waals surface area contributed by atoms with E-state index in [1.54, 1.807) is 49.4 Å². The number of benzene rings is 2. The fourth-order valence-electron chi connectivity index (χ4n) is 5.75. The number of nitrogens with one attached hydrogen (secondary N) is 1. The Kier molecular flexibility index (Phi) is 6.96. The summed E-state index contributed by atoms with van der Waals surface area (Å²) in [6, 6.07) is 14.6. The zero-order valence-corrected chi connectivity index (χ0v) is 23.2. The van der Waals surface area contributed by atoms with E-state index in [9.17, 15) is 18.0 Å². The number of aromatic nitrogens is 3. The summed E-state index contributed by atoms with van der Waals surface area (Å²) in [5.41, 5.74) is 3.40. The fourth-order valence-corrected chi connectivity index (χ4v) is 5.75. The van der Waals surface area contributed by atoms with Gasteiger partial charge in [0.2, 0.25) is 0 Å². The number of pyridine rings is 1. The molecule has 4 heterocycles. The molecule has 4 aromatic rings. The molecule has 6 rings (SSSR count). The Balaban J connectivity index is 1.42. The Labute approximate surface area is 240 Å². The lowest BCUT2D eigenvalue weighted by atomic mass is 9.88. The maximum Gasteiger partial charge on any atom is 0.435 e. The number of carbonyl (C=O) groups excluding carboxylic acids is 1. The summed E-state index contributed by atoms with van der Waals surface area (Å²) >= 11 is 0. The van der Waals surface area contributed by atoms with Crippen LogP contribution >= 0.6 is 0 Å². The first-order valence-corrected chi connectivity index (χ1v) is 13.7. The van der Waals surface area contributed by atoms with Crippen molar-refractivity contribution in [1.82, 2.24) is 24.6 Å². The number of fused-ring (bicyclic) bond motifs is 2. The van der Waals surface area contributed by atoms with Gasteiger partial charge in [0, 0.05) is 61.3 Å². The predicted octanol–water partition coefficient (Wildman–Crippen LogP) is 5.53. The zero-order valence-electron chi connectivity index (χ0n) is 23.2. The quantitative estimate of drug-likeness (QED) is 0.314. The molecule has 0 unspecified atom stereocenters. The van der Waals surface area contributed by atoms with Crippen molar-refractivity contribution in [2.45, 2.75) is 45.7 Å². The van der Waals surface area contributed by atoms with E-state index in [-0.39, 0.29) is 31.1 Å². The van der Waals surface area contributed by atoms with Crippen LogP contribution in [0.4, 0.5) is 13.2 Å². The minimum absolute atomic E-state index is 0.0436. The summed E-state index contributed by atoms with van der Waals surface area (Å²) in [7, 11) is 1.55. The SMILES string of the molecule is CCn1cc(-c2cc(CN3Cc4ccccc4C3=N)cc3c2CCN(Cc2cc(OC)ccn2)C3=O)c(C(F)(F)F)n1. The maximum atomic E-state index is 14.2. The first-order chi connectivity index (χ1) is 20.2. The Morgan fingerprint density at radius 2 is 1.79 bits per heavy atom. The van der Waals surface area contributed by atoms with Crippen molar-refractivity contribution in [1.29, 1.82) is 5.41 Å². The number of rotatable bonds is 7. The van der Waals surface area contributed by atoms with Crippen molar-refractivity contribution < 1.29 is 22.7 Å². The molecule has 2 aliphatic heterocycles. The molecular formula is C31H29F3N6O2.